The molecular weight excluding hydrogens is 570 g/mol. The molecule has 14 heteroatoms. The molecule has 2 N–H and O–H groups in total. The van der Waals surface area contributed by atoms with Gasteiger partial charge in [0.2, 0.25) is 5.91 Å². The van der Waals surface area contributed by atoms with Crippen LogP contribution in [0, 0.1) is 0 Å². The van der Waals surface area contributed by atoms with Crippen molar-refractivity contribution in [3.63, 3.8) is 0 Å². The Morgan fingerprint density at radius 1 is 1.26 bits per heavy atom. The van der Waals surface area contributed by atoms with Gasteiger partial charge in [-0.3, -0.25) is 9.36 Å². The highest BCUT2D eigenvalue weighted by atomic mass is 32.2. The number of thiazole rings is 1. The van der Waals surface area contributed by atoms with Gasteiger partial charge < -0.3 is 15.5 Å². The summed E-state index contributed by atoms with van der Waals surface area (Å²) in [6.07, 6.45) is -2.81. The van der Waals surface area contributed by atoms with E-state index in [1.165, 1.54) is 40.5 Å². The summed E-state index contributed by atoms with van der Waals surface area (Å²) in [5, 5.41) is 2.33. The first kappa shape index (κ1) is 26.1. The first-order valence-electron chi connectivity index (χ1n) is 12.3. The van der Waals surface area contributed by atoms with Gasteiger partial charge in [0, 0.05) is 59.2 Å². The normalized spacial score (nSPS) is 17.8. The molecule has 1 aromatic carbocycles. The fourth-order valence-electron chi connectivity index (χ4n) is 5.29. The van der Waals surface area contributed by atoms with Crippen molar-refractivity contribution in [2.24, 2.45) is 0 Å². The maximum atomic E-state index is 14.8. The van der Waals surface area contributed by atoms with Crippen LogP contribution in [0.4, 0.5) is 24.1 Å². The van der Waals surface area contributed by atoms with Crippen LogP contribution in [0.5, 0.6) is 0 Å². The molecule has 5 heterocycles. The molecule has 8 nitrogen and oxygen atoms in total. The minimum Gasteiger partial charge on any atom is -0.375 e. The third-order valence-corrected chi connectivity index (χ3v) is 10.4. The highest BCUT2D eigenvalue weighted by Crippen LogP contribution is 2.53. The third kappa shape index (κ3) is 4.19. The maximum absolute atomic E-state index is 14.8. The van der Waals surface area contributed by atoms with Crippen LogP contribution in [0.25, 0.3) is 31.6 Å². The average molecular weight is 593 g/mol. The minimum atomic E-state index is -4.67. The van der Waals surface area contributed by atoms with E-state index in [9.17, 15) is 22.8 Å². The van der Waals surface area contributed by atoms with Gasteiger partial charge >= 0.3 is 11.9 Å². The summed E-state index contributed by atoms with van der Waals surface area (Å²) in [5.74, 6) is 0.446. The number of thioether (sulfide) groups is 1. The topological polar surface area (TPSA) is 97.4 Å². The molecule has 0 bridgehead atoms. The van der Waals surface area contributed by atoms with E-state index in [0.29, 0.717) is 59.2 Å². The first-order chi connectivity index (χ1) is 18.6. The van der Waals surface area contributed by atoms with Gasteiger partial charge in [0.25, 0.3) is 0 Å². The van der Waals surface area contributed by atoms with Crippen molar-refractivity contribution >= 4 is 72.4 Å². The Bertz CT molecular complexity index is 1700. The molecule has 3 aromatic heterocycles. The van der Waals surface area contributed by atoms with E-state index < -0.39 is 17.4 Å². The Hall–Kier alpha value is -3.10. The van der Waals surface area contributed by atoms with Crippen molar-refractivity contribution < 1.29 is 18.0 Å². The molecule has 1 saturated heterocycles. The molecule has 204 valence electrons. The zero-order valence-corrected chi connectivity index (χ0v) is 23.2. The number of carbonyl (C=O) groups is 1. The largest absolute Gasteiger partial charge is 0.417 e. The van der Waals surface area contributed by atoms with E-state index in [-0.39, 0.29) is 33.8 Å². The molecule has 39 heavy (non-hydrogen) atoms. The summed E-state index contributed by atoms with van der Waals surface area (Å²) in [6, 6.07) is 0.928. The number of benzene rings is 1. The van der Waals surface area contributed by atoms with Crippen LogP contribution in [0.15, 0.2) is 33.8 Å². The summed E-state index contributed by atoms with van der Waals surface area (Å²) in [6.45, 7) is 6.82. The lowest BCUT2D eigenvalue weighted by atomic mass is 10.00. The SMILES string of the molecule is C=CC(=O)N1CCN(c2nc(=O)n3c4c(c(-c5scc6sc(N)nc56)c(C(F)(F)F)cc24)SCC3CC)CC1. The molecule has 6 rings (SSSR count). The standard InChI is InChI=1S/C25H23F3N6O2S3/c1-3-12-10-37-21-17(20-18-15(11-38-20)39-23(29)30-18)14(25(26,27)28)9-13-19(21)34(12)24(36)31-22(13)33-7-5-32(6-8-33)16(35)4-2/h4,9,11-12H,2-3,5-8,10H2,1H3,(H2,29,30). The molecular formula is C25H23F3N6O2S3. The van der Waals surface area contributed by atoms with Gasteiger partial charge in [-0.2, -0.15) is 18.2 Å². The van der Waals surface area contributed by atoms with Gasteiger partial charge in [-0.05, 0) is 18.6 Å². The highest BCUT2D eigenvalue weighted by molar-refractivity contribution is 7.99. The van der Waals surface area contributed by atoms with Gasteiger partial charge in [-0.15, -0.1) is 23.1 Å². The van der Waals surface area contributed by atoms with E-state index in [1.54, 1.807) is 19.7 Å². The third-order valence-electron chi connectivity index (χ3n) is 7.17. The van der Waals surface area contributed by atoms with Gasteiger partial charge in [0.05, 0.1) is 20.7 Å². The summed E-state index contributed by atoms with van der Waals surface area (Å²) >= 11 is 3.76. The number of nitrogens with two attached hydrogens (primary N) is 1. The van der Waals surface area contributed by atoms with Crippen molar-refractivity contribution in [1.29, 1.82) is 0 Å². The number of anilines is 2. The summed E-state index contributed by atoms with van der Waals surface area (Å²) in [4.78, 5) is 38.4. The van der Waals surface area contributed by atoms with E-state index >= 15 is 0 Å². The molecule has 2 aliphatic rings. The molecule has 0 radical (unpaired) electrons. The van der Waals surface area contributed by atoms with Crippen molar-refractivity contribution in [3.8, 4) is 10.4 Å². The number of fused-ring (bicyclic) bond motifs is 1. The highest BCUT2D eigenvalue weighted by Gasteiger charge is 2.40. The predicted molar refractivity (Wildman–Crippen MR) is 151 cm³/mol. The molecule has 2 aliphatic heterocycles. The number of alkyl halides is 3. The number of halogens is 3. The number of nitrogen functional groups attached to an aromatic ring is 1. The molecule has 0 saturated carbocycles. The molecule has 1 amide bonds. The second-order valence-electron chi connectivity index (χ2n) is 9.33. The Morgan fingerprint density at radius 2 is 2.00 bits per heavy atom. The molecule has 1 atom stereocenters. The number of rotatable bonds is 4. The van der Waals surface area contributed by atoms with Crippen LogP contribution < -0.4 is 16.3 Å². The Kier molecular flexibility index (Phi) is 6.38. The van der Waals surface area contributed by atoms with E-state index in [4.69, 9.17) is 5.73 Å². The minimum absolute atomic E-state index is 0.0338. The zero-order valence-electron chi connectivity index (χ0n) is 20.7. The quantitative estimate of drug-likeness (QED) is 0.324. The molecule has 0 spiro atoms. The Labute approximate surface area is 232 Å². The summed E-state index contributed by atoms with van der Waals surface area (Å²) in [7, 11) is 0. The number of hydrogen-bond acceptors (Lipinski definition) is 9. The van der Waals surface area contributed by atoms with Crippen LogP contribution in [-0.4, -0.2) is 57.3 Å². The number of piperazine rings is 1. The van der Waals surface area contributed by atoms with Gasteiger partial charge in [0.1, 0.15) is 11.3 Å². The van der Waals surface area contributed by atoms with Crippen LogP contribution >= 0.6 is 34.4 Å². The van der Waals surface area contributed by atoms with Crippen LogP contribution in [0.3, 0.4) is 0 Å². The number of carbonyl (C=O) groups excluding carboxylic acids is 1. The first-order valence-corrected chi connectivity index (χ1v) is 14.9. The van der Waals surface area contributed by atoms with E-state index in [0.717, 1.165) is 10.8 Å². The Balaban J connectivity index is 1.64. The van der Waals surface area contributed by atoms with E-state index in [2.05, 4.69) is 16.5 Å². The summed E-state index contributed by atoms with van der Waals surface area (Å²) < 4.78 is 46.6. The second kappa shape index (κ2) is 9.52. The van der Waals surface area contributed by atoms with Gasteiger partial charge in [0.15, 0.2) is 5.13 Å². The molecule has 4 aromatic rings. The fraction of sp³-hybridized carbons (Fsp3) is 0.360. The number of amides is 1. The van der Waals surface area contributed by atoms with Crippen molar-refractivity contribution in [2.45, 2.75) is 30.5 Å². The van der Waals surface area contributed by atoms with E-state index in [1.807, 2.05) is 6.92 Å². The Morgan fingerprint density at radius 3 is 2.67 bits per heavy atom. The maximum Gasteiger partial charge on any atom is 0.417 e. The smallest absolute Gasteiger partial charge is 0.375 e. The van der Waals surface area contributed by atoms with Gasteiger partial charge in [-0.25, -0.2) is 9.78 Å². The molecule has 1 unspecified atom stereocenters. The number of thiophene rings is 1. The summed E-state index contributed by atoms with van der Waals surface area (Å²) in [5.41, 5.74) is 5.54. The van der Waals surface area contributed by atoms with Crippen LogP contribution in [0.1, 0.15) is 24.9 Å². The van der Waals surface area contributed by atoms with Crippen molar-refractivity contribution in [1.82, 2.24) is 19.4 Å². The lowest BCUT2D eigenvalue weighted by Gasteiger charge is -2.36. The number of aromatic nitrogens is 3. The van der Waals surface area contributed by atoms with Crippen LogP contribution in [-0.2, 0) is 11.0 Å². The number of nitrogens with zero attached hydrogens (tertiary/aromatic N) is 5. The monoisotopic (exact) mass is 592 g/mol. The van der Waals surface area contributed by atoms with Crippen molar-refractivity contribution in [3.05, 3.63) is 40.1 Å². The predicted octanol–water partition coefficient (Wildman–Crippen LogP) is 5.23. The zero-order chi connectivity index (χ0) is 27.6. The second-order valence-corrected chi connectivity index (χ2v) is 12.3. The van der Waals surface area contributed by atoms with Crippen LogP contribution in [0.2, 0.25) is 0 Å². The lowest BCUT2D eigenvalue weighted by Crippen LogP contribution is -2.49. The molecule has 0 aliphatic carbocycles. The van der Waals surface area contributed by atoms with Gasteiger partial charge in [-0.1, -0.05) is 24.8 Å². The molecule has 1 fully saturated rings. The lowest BCUT2D eigenvalue weighted by molar-refractivity contribution is -0.137. The van der Waals surface area contributed by atoms with Crippen molar-refractivity contribution in [2.75, 3.05) is 42.6 Å². The fourth-order valence-corrected chi connectivity index (χ4v) is 8.74. The number of hydrogen-bond donors (Lipinski definition) is 1. The average Bonchev–Trinajstić information content (AvgIpc) is 3.48.